The van der Waals surface area contributed by atoms with Crippen LogP contribution in [0.2, 0.25) is 0 Å². The van der Waals surface area contributed by atoms with E-state index in [0.29, 0.717) is 0 Å². The summed E-state index contributed by atoms with van der Waals surface area (Å²) in [5.41, 5.74) is 0. The van der Waals surface area contributed by atoms with E-state index in [1.54, 1.807) is 0 Å². The molecule has 0 aromatic carbocycles. The van der Waals surface area contributed by atoms with Gasteiger partial charge < -0.3 is 0 Å². The average molecular weight is 187 g/mol. The van der Waals surface area contributed by atoms with Crippen LogP contribution >= 0.6 is 0 Å². The van der Waals surface area contributed by atoms with Crippen LogP contribution in [0.3, 0.4) is 0 Å². The van der Waals surface area contributed by atoms with Gasteiger partial charge in [0.15, 0.2) is 0 Å². The maximum absolute atomic E-state index is 3.21. The standard InChI is InChI=1S/2C6H9.Mg/c2*1-3-5-6-4-2;/h2*3,5-6H2,1H3;. The zero-order valence-corrected chi connectivity index (χ0v) is 10.4. The summed E-state index contributed by atoms with van der Waals surface area (Å²) in [6.45, 7) is 4.40. The average Bonchev–Trinajstić information content (AvgIpc) is 2.16. The highest BCUT2D eigenvalue weighted by Gasteiger charge is 1.81. The molecule has 0 aliphatic heterocycles. The van der Waals surface area contributed by atoms with Crippen molar-refractivity contribution in [2.75, 3.05) is 0 Å². The SMILES string of the molecule is CCCCC#[C][Mg][C]#CCCCC. The van der Waals surface area contributed by atoms with Crippen molar-refractivity contribution in [3.8, 4) is 19.9 Å². The second kappa shape index (κ2) is 11.9. The second-order valence-electron chi connectivity index (χ2n) is 3.09. The maximum atomic E-state index is 3.21. The molecular weight excluding hydrogens is 168 g/mol. The van der Waals surface area contributed by atoms with Gasteiger partial charge in [0.2, 0.25) is 0 Å². The van der Waals surface area contributed by atoms with E-state index >= 15 is 0 Å². The van der Waals surface area contributed by atoms with Crippen molar-refractivity contribution in [3.05, 3.63) is 0 Å². The molecule has 0 rings (SSSR count). The number of hydrogen-bond acceptors (Lipinski definition) is 0. The Morgan fingerprint density at radius 1 is 0.846 bits per heavy atom. The first-order valence-corrected chi connectivity index (χ1v) is 6.74. The van der Waals surface area contributed by atoms with Crippen LogP contribution < -0.4 is 0 Å². The van der Waals surface area contributed by atoms with Gasteiger partial charge in [-0.1, -0.05) is 26.7 Å². The first-order valence-electron chi connectivity index (χ1n) is 5.33. The summed E-state index contributed by atoms with van der Waals surface area (Å²) in [5.74, 6) is 6.37. The summed E-state index contributed by atoms with van der Waals surface area (Å²) in [7, 11) is 0. The largest absolute Gasteiger partial charge is 0.578 e. The van der Waals surface area contributed by atoms with Gasteiger partial charge in [-0.15, -0.1) is 11.8 Å². The van der Waals surface area contributed by atoms with E-state index in [0.717, 1.165) is 12.8 Å². The molecule has 0 amide bonds. The molecule has 0 heterocycles. The summed E-state index contributed by atoms with van der Waals surface area (Å²) >= 11 is -0.367. The molecule has 0 aliphatic rings. The Balaban J connectivity index is 3.28. The minimum Gasteiger partial charge on any atom is -0.250 e. The Kier molecular flexibility index (Phi) is 11.8. The molecule has 0 N–H and O–H groups in total. The molecule has 0 saturated carbocycles. The lowest BCUT2D eigenvalue weighted by atomic mass is 10.3. The van der Waals surface area contributed by atoms with Gasteiger partial charge in [0.05, 0.1) is 0 Å². The van der Waals surface area contributed by atoms with Gasteiger partial charge in [0.25, 0.3) is 0 Å². The first kappa shape index (κ1) is 12.9. The fourth-order valence-corrected chi connectivity index (χ4v) is 1.57. The third kappa shape index (κ3) is 11.9. The zero-order chi connectivity index (χ0) is 9.78. The fourth-order valence-electron chi connectivity index (χ4n) is 0.876. The highest BCUT2D eigenvalue weighted by Crippen LogP contribution is 1.90. The fraction of sp³-hybridized carbons (Fsp3) is 0.667. The van der Waals surface area contributed by atoms with Gasteiger partial charge in [0, 0.05) is 12.8 Å². The van der Waals surface area contributed by atoms with Gasteiger partial charge in [-0.2, -0.15) is 0 Å². The summed E-state index contributed by atoms with van der Waals surface area (Å²) in [4.78, 5) is 0. The van der Waals surface area contributed by atoms with Gasteiger partial charge in [-0.25, -0.2) is 8.10 Å². The van der Waals surface area contributed by atoms with Crippen LogP contribution in [0.5, 0.6) is 0 Å². The molecule has 0 nitrogen and oxygen atoms in total. The molecule has 0 saturated heterocycles. The van der Waals surface area contributed by atoms with E-state index in [1.807, 2.05) is 0 Å². The number of rotatable bonds is 4. The highest BCUT2D eigenvalue weighted by molar-refractivity contribution is 6.55. The Bertz CT molecular complexity index is 185. The van der Waals surface area contributed by atoms with Crippen molar-refractivity contribution in [1.82, 2.24) is 0 Å². The van der Waals surface area contributed by atoms with E-state index < -0.39 is 0 Å². The quantitative estimate of drug-likeness (QED) is 0.360. The van der Waals surface area contributed by atoms with Crippen LogP contribution in [-0.2, 0) is 0 Å². The van der Waals surface area contributed by atoms with Crippen LogP contribution in [-0.4, -0.2) is 20.4 Å². The first-order chi connectivity index (χ1) is 6.41. The minimum atomic E-state index is -0.367. The molecule has 0 radical (unpaired) electrons. The number of hydrogen-bond donors (Lipinski definition) is 0. The zero-order valence-electron chi connectivity index (χ0n) is 8.95. The van der Waals surface area contributed by atoms with Crippen molar-refractivity contribution in [2.45, 2.75) is 52.4 Å². The van der Waals surface area contributed by atoms with Gasteiger partial charge in [-0.3, -0.25) is 0 Å². The van der Waals surface area contributed by atoms with Gasteiger partial charge >= 0.3 is 20.4 Å². The molecule has 0 atom stereocenters. The Morgan fingerprint density at radius 2 is 1.31 bits per heavy atom. The lowest BCUT2D eigenvalue weighted by Gasteiger charge is -1.83. The molecule has 0 bridgehead atoms. The second-order valence-corrected chi connectivity index (χ2v) is 4.15. The van der Waals surface area contributed by atoms with Crippen LogP contribution in [0.1, 0.15) is 52.4 Å². The van der Waals surface area contributed by atoms with Gasteiger partial charge in [-0.05, 0) is 12.8 Å². The summed E-state index contributed by atoms with van der Waals surface area (Å²) in [6, 6.07) is 0. The Hall–Kier alpha value is -0.114. The highest BCUT2D eigenvalue weighted by atomic mass is 24.5. The monoisotopic (exact) mass is 186 g/mol. The van der Waals surface area contributed by atoms with Crippen molar-refractivity contribution in [3.63, 3.8) is 0 Å². The minimum absolute atomic E-state index is 0.367. The lowest BCUT2D eigenvalue weighted by Crippen LogP contribution is -1.79. The van der Waals surface area contributed by atoms with Crippen molar-refractivity contribution in [1.29, 1.82) is 0 Å². The Labute approximate surface area is 92.6 Å². The molecule has 0 aliphatic carbocycles. The van der Waals surface area contributed by atoms with E-state index in [9.17, 15) is 0 Å². The van der Waals surface area contributed by atoms with Crippen LogP contribution in [0, 0.1) is 19.9 Å². The van der Waals surface area contributed by atoms with Crippen LogP contribution in [0.4, 0.5) is 0 Å². The molecule has 0 unspecified atom stereocenters. The molecule has 0 spiro atoms. The predicted octanol–water partition coefficient (Wildman–Crippen LogP) is 2.99. The smallest absolute Gasteiger partial charge is 0.250 e. The lowest BCUT2D eigenvalue weighted by molar-refractivity contribution is 0.828. The molecule has 1 heteroatoms. The van der Waals surface area contributed by atoms with Gasteiger partial charge in [0.1, 0.15) is 0 Å². The summed E-state index contributed by atoms with van der Waals surface area (Å²) < 4.78 is 6.42. The van der Waals surface area contributed by atoms with Crippen LogP contribution in [0.25, 0.3) is 0 Å². The molecular formula is C12H18Mg. The van der Waals surface area contributed by atoms with Crippen molar-refractivity contribution < 1.29 is 0 Å². The summed E-state index contributed by atoms with van der Waals surface area (Å²) in [6.07, 6.45) is 7.12. The number of unbranched alkanes of at least 4 members (excludes halogenated alkanes) is 4. The van der Waals surface area contributed by atoms with Crippen molar-refractivity contribution in [2.24, 2.45) is 0 Å². The summed E-state index contributed by atoms with van der Waals surface area (Å²) in [5, 5.41) is 0. The molecule has 0 fully saturated rings. The molecule has 0 aromatic rings. The Morgan fingerprint density at radius 3 is 1.69 bits per heavy atom. The van der Waals surface area contributed by atoms with E-state index in [1.165, 1.54) is 25.7 Å². The molecule has 13 heavy (non-hydrogen) atoms. The third-order valence-electron chi connectivity index (χ3n) is 1.74. The van der Waals surface area contributed by atoms with Crippen molar-refractivity contribution >= 4 is 20.4 Å². The van der Waals surface area contributed by atoms with E-state index in [4.69, 9.17) is 0 Å². The molecule has 68 valence electrons. The predicted molar refractivity (Wildman–Crippen MR) is 60.4 cm³/mol. The normalized spacial score (nSPS) is 7.54. The third-order valence-corrected chi connectivity index (χ3v) is 2.59. The maximum Gasteiger partial charge on any atom is 0.578 e. The van der Waals surface area contributed by atoms with E-state index in [-0.39, 0.29) is 20.4 Å². The van der Waals surface area contributed by atoms with Crippen LogP contribution in [0.15, 0.2) is 0 Å². The topological polar surface area (TPSA) is 0 Å². The molecule has 0 aromatic heterocycles. The van der Waals surface area contributed by atoms with E-state index in [2.05, 4.69) is 33.8 Å².